The molecule has 1 saturated heterocycles. The van der Waals surface area contributed by atoms with Gasteiger partial charge in [-0.1, -0.05) is 5.16 Å². The molecule has 8 nitrogen and oxygen atoms in total. The van der Waals surface area contributed by atoms with Gasteiger partial charge >= 0.3 is 18.2 Å². The van der Waals surface area contributed by atoms with Crippen LogP contribution >= 0.6 is 0 Å². The zero-order chi connectivity index (χ0) is 18.0. The Morgan fingerprint density at radius 1 is 1.24 bits per heavy atom. The Labute approximate surface area is 140 Å². The Hall–Kier alpha value is -2.85. The van der Waals surface area contributed by atoms with Gasteiger partial charge in [-0.2, -0.15) is 18.2 Å². The first-order valence-electron chi connectivity index (χ1n) is 7.33. The summed E-state index contributed by atoms with van der Waals surface area (Å²) in [5, 5.41) is 3.32. The number of aromatic nitrogens is 3. The lowest BCUT2D eigenvalue weighted by atomic mass is 10.2. The number of nitrogens with zero attached hydrogens (tertiary/aromatic N) is 5. The molecule has 0 saturated carbocycles. The van der Waals surface area contributed by atoms with Crippen molar-refractivity contribution in [2.75, 3.05) is 38.2 Å². The van der Waals surface area contributed by atoms with E-state index in [0.717, 1.165) is 0 Å². The third-order valence-corrected chi connectivity index (χ3v) is 3.71. The molecule has 0 unspecified atom stereocenters. The van der Waals surface area contributed by atoms with Crippen molar-refractivity contribution in [1.82, 2.24) is 20.0 Å². The predicted octanol–water partition coefficient (Wildman–Crippen LogP) is 2.04. The number of amides is 1. The fourth-order valence-electron chi connectivity index (χ4n) is 2.41. The minimum absolute atomic E-state index is 0.179. The van der Waals surface area contributed by atoms with Gasteiger partial charge in [-0.25, -0.2) is 9.78 Å². The van der Waals surface area contributed by atoms with Crippen molar-refractivity contribution in [2.45, 2.75) is 6.18 Å². The number of rotatable bonds is 2. The van der Waals surface area contributed by atoms with Crippen LogP contribution in [0.25, 0.3) is 11.4 Å². The first-order valence-corrected chi connectivity index (χ1v) is 7.33. The molecule has 0 aliphatic carbocycles. The molecule has 134 valence electrons. The number of alkyl halides is 3. The van der Waals surface area contributed by atoms with Crippen molar-refractivity contribution >= 4 is 11.9 Å². The molecule has 11 heteroatoms. The van der Waals surface area contributed by atoms with Gasteiger partial charge in [0.25, 0.3) is 0 Å². The number of anilines is 1. The van der Waals surface area contributed by atoms with Crippen LogP contribution in [0, 0.1) is 0 Å². The van der Waals surface area contributed by atoms with E-state index in [2.05, 4.69) is 24.4 Å². The number of halogens is 3. The second-order valence-electron chi connectivity index (χ2n) is 5.27. The van der Waals surface area contributed by atoms with Crippen LogP contribution in [0.15, 0.2) is 22.9 Å². The van der Waals surface area contributed by atoms with Crippen molar-refractivity contribution in [3.05, 3.63) is 24.2 Å². The summed E-state index contributed by atoms with van der Waals surface area (Å²) in [5.74, 6) is -0.930. The molecule has 2 aromatic heterocycles. The van der Waals surface area contributed by atoms with E-state index in [1.807, 2.05) is 4.90 Å². The minimum Gasteiger partial charge on any atom is -0.453 e. The largest absolute Gasteiger partial charge is 0.471 e. The molecule has 1 aliphatic rings. The molecule has 1 amide bonds. The average Bonchev–Trinajstić information content (AvgIpc) is 3.12. The van der Waals surface area contributed by atoms with Crippen LogP contribution in [-0.2, 0) is 10.9 Å². The molecule has 1 fully saturated rings. The SMILES string of the molecule is COC(=O)N1CCN(c2ccc(-c3noc(C(F)(F)F)n3)cn2)CC1. The molecular formula is C14H14F3N5O3. The molecule has 0 N–H and O–H groups in total. The van der Waals surface area contributed by atoms with Crippen molar-refractivity contribution in [2.24, 2.45) is 0 Å². The number of methoxy groups -OCH3 is 1. The molecule has 0 radical (unpaired) electrons. The molecule has 25 heavy (non-hydrogen) atoms. The molecular weight excluding hydrogens is 343 g/mol. The van der Waals surface area contributed by atoms with Crippen molar-refractivity contribution in [1.29, 1.82) is 0 Å². The van der Waals surface area contributed by atoms with Crippen molar-refractivity contribution in [3.8, 4) is 11.4 Å². The molecule has 0 atom stereocenters. The number of pyridine rings is 1. The van der Waals surface area contributed by atoms with E-state index in [1.165, 1.54) is 13.3 Å². The Bertz CT molecular complexity index is 739. The first kappa shape index (κ1) is 17.0. The number of hydrogen-bond acceptors (Lipinski definition) is 7. The van der Waals surface area contributed by atoms with E-state index in [1.54, 1.807) is 17.0 Å². The van der Waals surface area contributed by atoms with Crippen molar-refractivity contribution < 1.29 is 27.2 Å². The Morgan fingerprint density at radius 2 is 1.96 bits per heavy atom. The molecule has 0 spiro atoms. The molecule has 0 aromatic carbocycles. The Kier molecular flexibility index (Phi) is 4.47. The molecule has 2 aromatic rings. The summed E-state index contributed by atoms with van der Waals surface area (Å²) in [7, 11) is 1.33. The highest BCUT2D eigenvalue weighted by Crippen LogP contribution is 2.29. The van der Waals surface area contributed by atoms with Crippen LogP contribution in [0.1, 0.15) is 5.89 Å². The fourth-order valence-corrected chi connectivity index (χ4v) is 2.41. The summed E-state index contributed by atoms with van der Waals surface area (Å²) < 4.78 is 46.3. The summed E-state index contributed by atoms with van der Waals surface area (Å²) >= 11 is 0. The van der Waals surface area contributed by atoms with Gasteiger partial charge in [-0.3, -0.25) is 0 Å². The molecule has 0 bridgehead atoms. The van der Waals surface area contributed by atoms with Gasteiger partial charge in [0.2, 0.25) is 5.82 Å². The summed E-state index contributed by atoms with van der Waals surface area (Å²) in [6.45, 7) is 2.13. The topological polar surface area (TPSA) is 84.6 Å². The number of carbonyl (C=O) groups excluding carboxylic acids is 1. The molecule has 1 aliphatic heterocycles. The third kappa shape index (κ3) is 3.64. The van der Waals surface area contributed by atoms with Gasteiger partial charge in [-0.05, 0) is 12.1 Å². The van der Waals surface area contributed by atoms with Crippen LogP contribution in [0.2, 0.25) is 0 Å². The second kappa shape index (κ2) is 6.57. The number of ether oxygens (including phenoxy) is 1. The van der Waals surface area contributed by atoms with Crippen molar-refractivity contribution in [3.63, 3.8) is 0 Å². The molecule has 3 heterocycles. The summed E-state index contributed by atoms with van der Waals surface area (Å²) in [6.07, 6.45) is -3.68. The van der Waals surface area contributed by atoms with Crippen LogP contribution in [0.5, 0.6) is 0 Å². The normalized spacial score (nSPS) is 15.4. The average molecular weight is 357 g/mol. The standard InChI is InChI=1S/C14H14F3N5O3/c1-24-13(23)22-6-4-21(5-7-22)10-3-2-9(8-18-10)11-19-12(25-20-11)14(15,16)17/h2-3,8H,4-7H2,1H3. The van der Waals surface area contributed by atoms with Crippen LogP contribution in [-0.4, -0.2) is 59.4 Å². The minimum atomic E-state index is -4.68. The Morgan fingerprint density at radius 3 is 2.48 bits per heavy atom. The lowest BCUT2D eigenvalue weighted by molar-refractivity contribution is -0.159. The third-order valence-electron chi connectivity index (χ3n) is 3.71. The summed E-state index contributed by atoms with van der Waals surface area (Å²) in [4.78, 5) is 22.5. The van der Waals surface area contributed by atoms with Gasteiger partial charge in [0.1, 0.15) is 5.82 Å². The number of hydrogen-bond donors (Lipinski definition) is 0. The van der Waals surface area contributed by atoms with E-state index >= 15 is 0 Å². The molecule has 3 rings (SSSR count). The number of carbonyl (C=O) groups is 1. The van der Waals surface area contributed by atoms with Crippen LogP contribution in [0.4, 0.5) is 23.8 Å². The fraction of sp³-hybridized carbons (Fsp3) is 0.429. The highest BCUT2D eigenvalue weighted by molar-refractivity contribution is 5.68. The zero-order valence-corrected chi connectivity index (χ0v) is 13.2. The lowest BCUT2D eigenvalue weighted by Gasteiger charge is -2.34. The second-order valence-corrected chi connectivity index (χ2v) is 5.27. The maximum absolute atomic E-state index is 12.5. The van der Waals surface area contributed by atoms with E-state index in [-0.39, 0.29) is 11.9 Å². The smallest absolute Gasteiger partial charge is 0.453 e. The van der Waals surface area contributed by atoms with E-state index < -0.39 is 12.1 Å². The number of piperazine rings is 1. The quantitative estimate of drug-likeness (QED) is 0.813. The van der Waals surface area contributed by atoms with Gasteiger partial charge in [0.15, 0.2) is 0 Å². The maximum atomic E-state index is 12.5. The van der Waals surface area contributed by atoms with Crippen LogP contribution in [0.3, 0.4) is 0 Å². The van der Waals surface area contributed by atoms with E-state index in [0.29, 0.717) is 37.6 Å². The summed E-state index contributed by atoms with van der Waals surface area (Å²) in [5.41, 5.74) is 0.316. The monoisotopic (exact) mass is 357 g/mol. The maximum Gasteiger partial charge on any atom is 0.471 e. The van der Waals surface area contributed by atoms with Gasteiger partial charge in [-0.15, -0.1) is 0 Å². The summed E-state index contributed by atoms with van der Waals surface area (Å²) in [6, 6.07) is 3.23. The van der Waals surface area contributed by atoms with E-state index in [9.17, 15) is 18.0 Å². The van der Waals surface area contributed by atoms with Gasteiger partial charge in [0.05, 0.1) is 7.11 Å². The highest BCUT2D eigenvalue weighted by Gasteiger charge is 2.38. The zero-order valence-electron chi connectivity index (χ0n) is 13.2. The predicted molar refractivity (Wildman–Crippen MR) is 78.7 cm³/mol. The van der Waals surface area contributed by atoms with E-state index in [4.69, 9.17) is 0 Å². The van der Waals surface area contributed by atoms with Gasteiger partial charge < -0.3 is 19.1 Å². The van der Waals surface area contributed by atoms with Crippen LogP contribution < -0.4 is 4.90 Å². The lowest BCUT2D eigenvalue weighted by Crippen LogP contribution is -2.49. The first-order chi connectivity index (χ1) is 11.9. The van der Waals surface area contributed by atoms with Gasteiger partial charge in [0, 0.05) is 37.9 Å². The highest BCUT2D eigenvalue weighted by atomic mass is 19.4. The Balaban J connectivity index is 1.67.